The van der Waals surface area contributed by atoms with Crippen molar-refractivity contribution < 1.29 is 0 Å². The zero-order valence-electron chi connectivity index (χ0n) is 12.2. The van der Waals surface area contributed by atoms with E-state index in [9.17, 15) is 0 Å². The van der Waals surface area contributed by atoms with Crippen LogP contribution < -0.4 is 5.73 Å². The van der Waals surface area contributed by atoms with E-state index in [4.69, 9.17) is 10.7 Å². The summed E-state index contributed by atoms with van der Waals surface area (Å²) in [7, 11) is 0. The largest absolute Gasteiger partial charge is 0.329 e. The number of fused-ring (bicyclic) bond motifs is 1. The van der Waals surface area contributed by atoms with Gasteiger partial charge in [0, 0.05) is 18.6 Å². The van der Waals surface area contributed by atoms with Gasteiger partial charge in [-0.05, 0) is 46.1 Å². The van der Waals surface area contributed by atoms with Crippen molar-refractivity contribution in [1.82, 2.24) is 14.5 Å². The summed E-state index contributed by atoms with van der Waals surface area (Å²) in [5.41, 5.74) is 7.46. The molecule has 2 unspecified atom stereocenters. The maximum atomic E-state index is 6.21. The maximum Gasteiger partial charge on any atom is 0.126 e. The quantitative estimate of drug-likeness (QED) is 0.891. The Morgan fingerprint density at radius 1 is 1.21 bits per heavy atom. The van der Waals surface area contributed by atoms with Crippen molar-refractivity contribution in [1.29, 1.82) is 0 Å². The van der Waals surface area contributed by atoms with Crippen molar-refractivity contribution in [3.05, 3.63) is 17.7 Å². The molecular weight excluding hydrogens is 236 g/mol. The summed E-state index contributed by atoms with van der Waals surface area (Å²) in [5, 5.41) is 0. The van der Waals surface area contributed by atoms with Crippen LogP contribution in [0.5, 0.6) is 0 Å². The number of hydrogen-bond donors (Lipinski definition) is 1. The van der Waals surface area contributed by atoms with E-state index in [0.717, 1.165) is 13.0 Å². The van der Waals surface area contributed by atoms with Crippen LogP contribution in [0.25, 0.3) is 0 Å². The Balaban J connectivity index is 1.92. The van der Waals surface area contributed by atoms with E-state index < -0.39 is 0 Å². The molecule has 4 heteroatoms. The van der Waals surface area contributed by atoms with Crippen molar-refractivity contribution in [2.45, 2.75) is 70.6 Å². The number of rotatable bonds is 2. The van der Waals surface area contributed by atoms with Crippen LogP contribution in [0.1, 0.15) is 69.6 Å². The van der Waals surface area contributed by atoms with Crippen LogP contribution in [0.15, 0.2) is 6.20 Å². The molecule has 106 valence electrons. The van der Waals surface area contributed by atoms with E-state index in [1.807, 2.05) is 6.20 Å². The number of nitrogens with zero attached hydrogens (tertiary/aromatic N) is 3. The molecule has 1 saturated heterocycles. The molecular formula is C15H26N4. The van der Waals surface area contributed by atoms with Gasteiger partial charge in [0.1, 0.15) is 5.82 Å². The fourth-order valence-electron chi connectivity index (χ4n) is 3.68. The van der Waals surface area contributed by atoms with Crippen LogP contribution in [0, 0.1) is 0 Å². The van der Waals surface area contributed by atoms with E-state index in [1.165, 1.54) is 43.7 Å². The van der Waals surface area contributed by atoms with Crippen LogP contribution >= 0.6 is 0 Å². The van der Waals surface area contributed by atoms with Gasteiger partial charge in [0.15, 0.2) is 0 Å². The highest BCUT2D eigenvalue weighted by atomic mass is 15.2. The Labute approximate surface area is 116 Å². The second kappa shape index (κ2) is 5.25. The lowest BCUT2D eigenvalue weighted by atomic mass is 9.99. The SMILES string of the molecule is CC(C)N1CCCCC1c1ncc2n1CCCC2N. The van der Waals surface area contributed by atoms with Gasteiger partial charge in [-0.2, -0.15) is 0 Å². The van der Waals surface area contributed by atoms with Crippen molar-refractivity contribution in [3.8, 4) is 0 Å². The van der Waals surface area contributed by atoms with Crippen LogP contribution in [0.2, 0.25) is 0 Å². The molecule has 3 rings (SSSR count). The normalized spacial score (nSPS) is 28.6. The van der Waals surface area contributed by atoms with Gasteiger partial charge in [0.05, 0.1) is 17.9 Å². The second-order valence-corrected chi connectivity index (χ2v) is 6.28. The van der Waals surface area contributed by atoms with E-state index >= 15 is 0 Å². The molecule has 0 saturated carbocycles. The predicted octanol–water partition coefficient (Wildman–Crippen LogP) is 2.61. The Bertz CT molecular complexity index is 437. The number of likely N-dealkylation sites (tertiary alicyclic amines) is 1. The van der Waals surface area contributed by atoms with E-state index in [2.05, 4.69) is 23.3 Å². The highest BCUT2D eigenvalue weighted by molar-refractivity contribution is 5.15. The smallest absolute Gasteiger partial charge is 0.126 e. The number of imidazole rings is 1. The highest BCUT2D eigenvalue weighted by Crippen LogP contribution is 2.34. The minimum absolute atomic E-state index is 0.186. The van der Waals surface area contributed by atoms with Gasteiger partial charge in [-0.3, -0.25) is 4.90 Å². The molecule has 1 aromatic heterocycles. The summed E-state index contributed by atoms with van der Waals surface area (Å²) in [6.45, 7) is 6.89. The monoisotopic (exact) mass is 262 g/mol. The Kier molecular flexibility index (Phi) is 3.63. The zero-order chi connectivity index (χ0) is 13.4. The predicted molar refractivity (Wildman–Crippen MR) is 76.8 cm³/mol. The number of aromatic nitrogens is 2. The third-order valence-corrected chi connectivity index (χ3v) is 4.70. The first-order chi connectivity index (χ1) is 9.18. The summed E-state index contributed by atoms with van der Waals surface area (Å²) in [4.78, 5) is 7.36. The van der Waals surface area contributed by atoms with Crippen LogP contribution in [-0.2, 0) is 6.54 Å². The first kappa shape index (κ1) is 13.1. The number of piperidine rings is 1. The van der Waals surface area contributed by atoms with Crippen LogP contribution in [0.4, 0.5) is 0 Å². The molecule has 0 amide bonds. The van der Waals surface area contributed by atoms with Gasteiger partial charge in [-0.15, -0.1) is 0 Å². The molecule has 0 bridgehead atoms. The highest BCUT2D eigenvalue weighted by Gasteiger charge is 2.31. The Morgan fingerprint density at radius 2 is 2.05 bits per heavy atom. The number of nitrogens with two attached hydrogens (primary N) is 1. The van der Waals surface area contributed by atoms with E-state index in [-0.39, 0.29) is 6.04 Å². The molecule has 2 aliphatic heterocycles. The molecule has 19 heavy (non-hydrogen) atoms. The lowest BCUT2D eigenvalue weighted by molar-refractivity contribution is 0.103. The minimum Gasteiger partial charge on any atom is -0.329 e. The van der Waals surface area contributed by atoms with Crippen LogP contribution in [0.3, 0.4) is 0 Å². The van der Waals surface area contributed by atoms with Crippen molar-refractivity contribution in [3.63, 3.8) is 0 Å². The van der Waals surface area contributed by atoms with E-state index in [1.54, 1.807) is 0 Å². The average molecular weight is 262 g/mol. The lowest BCUT2D eigenvalue weighted by Gasteiger charge is -2.39. The van der Waals surface area contributed by atoms with E-state index in [0.29, 0.717) is 12.1 Å². The minimum atomic E-state index is 0.186. The van der Waals surface area contributed by atoms with Crippen molar-refractivity contribution >= 4 is 0 Å². The fraction of sp³-hybridized carbons (Fsp3) is 0.800. The topological polar surface area (TPSA) is 47.1 Å². The summed E-state index contributed by atoms with van der Waals surface area (Å²) in [6.07, 6.45) is 8.19. The van der Waals surface area contributed by atoms with Gasteiger partial charge in [-0.1, -0.05) is 6.42 Å². The van der Waals surface area contributed by atoms with Crippen molar-refractivity contribution in [2.24, 2.45) is 5.73 Å². The average Bonchev–Trinajstić information content (AvgIpc) is 2.84. The molecule has 0 aliphatic carbocycles. The van der Waals surface area contributed by atoms with Gasteiger partial charge in [0.25, 0.3) is 0 Å². The number of hydrogen-bond acceptors (Lipinski definition) is 3. The van der Waals surface area contributed by atoms with Gasteiger partial charge in [-0.25, -0.2) is 4.98 Å². The summed E-state index contributed by atoms with van der Waals surface area (Å²) < 4.78 is 2.40. The Morgan fingerprint density at radius 3 is 2.84 bits per heavy atom. The standard InChI is InChI=1S/C15H26N4/c1-11(2)18-8-4-3-7-13(18)15-17-10-14-12(16)6-5-9-19(14)15/h10-13H,3-9,16H2,1-2H3. The molecule has 1 aromatic rings. The molecule has 1 fully saturated rings. The molecule has 4 nitrogen and oxygen atoms in total. The van der Waals surface area contributed by atoms with Gasteiger partial charge < -0.3 is 10.3 Å². The second-order valence-electron chi connectivity index (χ2n) is 6.28. The van der Waals surface area contributed by atoms with Gasteiger partial charge >= 0.3 is 0 Å². The lowest BCUT2D eigenvalue weighted by Crippen LogP contribution is -2.40. The summed E-state index contributed by atoms with van der Waals surface area (Å²) in [5.74, 6) is 1.26. The summed E-state index contributed by atoms with van der Waals surface area (Å²) in [6, 6.07) is 1.27. The molecule has 2 aliphatic rings. The molecule has 0 aromatic carbocycles. The molecule has 3 heterocycles. The fourth-order valence-corrected chi connectivity index (χ4v) is 3.68. The third kappa shape index (κ3) is 2.32. The first-order valence-electron chi connectivity index (χ1n) is 7.75. The molecule has 0 spiro atoms. The molecule has 2 atom stereocenters. The maximum absolute atomic E-state index is 6.21. The molecule has 0 radical (unpaired) electrons. The summed E-state index contributed by atoms with van der Waals surface area (Å²) >= 11 is 0. The van der Waals surface area contributed by atoms with Gasteiger partial charge in [0.2, 0.25) is 0 Å². The first-order valence-corrected chi connectivity index (χ1v) is 7.75. The Hall–Kier alpha value is -0.870. The molecule has 2 N–H and O–H groups in total. The third-order valence-electron chi connectivity index (χ3n) is 4.70. The van der Waals surface area contributed by atoms with Crippen molar-refractivity contribution in [2.75, 3.05) is 6.54 Å². The zero-order valence-corrected chi connectivity index (χ0v) is 12.2. The van der Waals surface area contributed by atoms with Crippen LogP contribution in [-0.4, -0.2) is 27.0 Å².